The zero-order valence-electron chi connectivity index (χ0n) is 13.5. The molecule has 8 nitrogen and oxygen atoms in total. The van der Waals surface area contributed by atoms with Crippen molar-refractivity contribution in [3.63, 3.8) is 0 Å². The van der Waals surface area contributed by atoms with E-state index < -0.39 is 31.8 Å². The third-order valence-corrected chi connectivity index (χ3v) is 7.97. The summed E-state index contributed by atoms with van der Waals surface area (Å²) in [6, 6.07) is 5.27. The topological polar surface area (TPSA) is 110 Å². The van der Waals surface area contributed by atoms with Gasteiger partial charge in [0, 0.05) is 24.7 Å². The lowest BCUT2D eigenvalue weighted by atomic mass is 10.2. The largest absolute Gasteiger partial charge is 0.379 e. The fraction of sp³-hybridized carbons (Fsp3) is 0.533. The van der Waals surface area contributed by atoms with E-state index in [1.54, 1.807) is 0 Å². The SMILES string of the molecule is O=C(N[C@H]1CCS(=O)(=O)C1)c1ccc(S(=O)(=O)N2CCOCC2)cc1. The Balaban J connectivity index is 1.68. The lowest BCUT2D eigenvalue weighted by Crippen LogP contribution is -2.40. The zero-order chi connectivity index (χ0) is 18.1. The minimum Gasteiger partial charge on any atom is -0.379 e. The van der Waals surface area contributed by atoms with Gasteiger partial charge in [0.1, 0.15) is 0 Å². The molecule has 0 unspecified atom stereocenters. The first-order valence-electron chi connectivity index (χ1n) is 7.97. The molecule has 1 aromatic rings. The van der Waals surface area contributed by atoms with Crippen molar-refractivity contribution in [3.8, 4) is 0 Å². The molecule has 25 heavy (non-hydrogen) atoms. The van der Waals surface area contributed by atoms with E-state index in [1.165, 1.54) is 28.6 Å². The summed E-state index contributed by atoms with van der Waals surface area (Å²) < 4.78 is 54.4. The second-order valence-corrected chi connectivity index (χ2v) is 10.3. The average Bonchev–Trinajstić information content (AvgIpc) is 2.94. The summed E-state index contributed by atoms with van der Waals surface area (Å²) in [5, 5.41) is 2.68. The average molecular weight is 388 g/mol. The van der Waals surface area contributed by atoms with Crippen LogP contribution in [0.2, 0.25) is 0 Å². The normalized spacial score (nSPS) is 24.1. The molecule has 3 rings (SSSR count). The molecular weight excluding hydrogens is 368 g/mol. The van der Waals surface area contributed by atoms with E-state index in [1.807, 2.05) is 0 Å². The Morgan fingerprint density at radius 2 is 1.80 bits per heavy atom. The molecule has 0 bridgehead atoms. The van der Waals surface area contributed by atoms with Crippen LogP contribution in [-0.4, -0.2) is 70.9 Å². The van der Waals surface area contributed by atoms with Crippen LogP contribution in [0.25, 0.3) is 0 Å². The predicted octanol–water partition coefficient (Wildman–Crippen LogP) is -0.376. The van der Waals surface area contributed by atoms with Gasteiger partial charge in [-0.2, -0.15) is 4.31 Å². The molecule has 1 amide bonds. The standard InChI is InChI=1S/C15H20N2O6S2/c18-15(16-13-5-10-24(19,20)11-13)12-1-3-14(4-2-12)25(21,22)17-6-8-23-9-7-17/h1-4,13H,5-11H2,(H,16,18)/t13-/m0/s1. The first-order chi connectivity index (χ1) is 11.8. The number of hydrogen-bond acceptors (Lipinski definition) is 6. The molecular formula is C15H20N2O6S2. The van der Waals surface area contributed by atoms with E-state index in [4.69, 9.17) is 4.74 Å². The number of morpholine rings is 1. The molecule has 0 saturated carbocycles. The van der Waals surface area contributed by atoms with Crippen LogP contribution in [0.1, 0.15) is 16.8 Å². The summed E-state index contributed by atoms with van der Waals surface area (Å²) in [6.45, 7) is 1.34. The Labute approximate surface area is 147 Å². The van der Waals surface area contributed by atoms with Crippen molar-refractivity contribution in [1.82, 2.24) is 9.62 Å². The van der Waals surface area contributed by atoms with Gasteiger partial charge in [0.15, 0.2) is 9.84 Å². The molecule has 138 valence electrons. The Morgan fingerprint density at radius 1 is 1.16 bits per heavy atom. The van der Waals surface area contributed by atoms with Gasteiger partial charge in [0.25, 0.3) is 5.91 Å². The molecule has 0 spiro atoms. The number of carbonyl (C=O) groups excluding carboxylic acids is 1. The van der Waals surface area contributed by atoms with Crippen molar-refractivity contribution in [2.45, 2.75) is 17.4 Å². The van der Waals surface area contributed by atoms with E-state index in [2.05, 4.69) is 5.32 Å². The predicted molar refractivity (Wildman–Crippen MR) is 90.5 cm³/mol. The van der Waals surface area contributed by atoms with E-state index in [0.717, 1.165) is 0 Å². The lowest BCUT2D eigenvalue weighted by Gasteiger charge is -2.26. The van der Waals surface area contributed by atoms with Crippen LogP contribution < -0.4 is 5.32 Å². The van der Waals surface area contributed by atoms with Crippen molar-refractivity contribution < 1.29 is 26.4 Å². The summed E-state index contributed by atoms with van der Waals surface area (Å²) in [6.07, 6.45) is 0.400. The molecule has 2 heterocycles. The van der Waals surface area contributed by atoms with Crippen LogP contribution in [0, 0.1) is 0 Å². The Morgan fingerprint density at radius 3 is 2.36 bits per heavy atom. The minimum atomic E-state index is -3.60. The van der Waals surface area contributed by atoms with Gasteiger partial charge < -0.3 is 10.1 Å². The maximum absolute atomic E-state index is 12.5. The van der Waals surface area contributed by atoms with E-state index in [-0.39, 0.29) is 16.4 Å². The highest BCUT2D eigenvalue weighted by atomic mass is 32.2. The van der Waals surface area contributed by atoms with Crippen LogP contribution in [0.15, 0.2) is 29.2 Å². The van der Waals surface area contributed by atoms with Gasteiger partial charge in [-0.1, -0.05) is 0 Å². The number of rotatable bonds is 4. The van der Waals surface area contributed by atoms with Crippen LogP contribution >= 0.6 is 0 Å². The summed E-state index contributed by atoms with van der Waals surface area (Å²) in [5.41, 5.74) is 0.297. The van der Waals surface area contributed by atoms with Crippen molar-refractivity contribution in [3.05, 3.63) is 29.8 Å². The number of nitrogens with one attached hydrogen (secondary N) is 1. The smallest absolute Gasteiger partial charge is 0.251 e. The maximum atomic E-state index is 12.5. The Bertz CT molecular complexity index is 843. The fourth-order valence-corrected chi connectivity index (χ4v) is 5.97. The molecule has 1 aromatic carbocycles. The first kappa shape index (κ1) is 18.3. The molecule has 1 atom stereocenters. The van der Waals surface area contributed by atoms with Crippen LogP contribution in [0.5, 0.6) is 0 Å². The number of ether oxygens (including phenoxy) is 1. The molecule has 2 saturated heterocycles. The molecule has 2 aliphatic rings. The molecule has 1 N–H and O–H groups in total. The Kier molecular flexibility index (Phi) is 5.14. The van der Waals surface area contributed by atoms with Gasteiger partial charge in [-0.05, 0) is 30.7 Å². The van der Waals surface area contributed by atoms with Crippen LogP contribution in [0.4, 0.5) is 0 Å². The Hall–Kier alpha value is -1.49. The summed E-state index contributed by atoms with van der Waals surface area (Å²) in [4.78, 5) is 12.3. The number of benzene rings is 1. The fourth-order valence-electron chi connectivity index (χ4n) is 2.89. The van der Waals surface area contributed by atoms with Crippen molar-refractivity contribution in [2.75, 3.05) is 37.8 Å². The highest BCUT2D eigenvalue weighted by Gasteiger charge is 2.29. The minimum absolute atomic E-state index is 0.0533. The van der Waals surface area contributed by atoms with Gasteiger partial charge in [-0.15, -0.1) is 0 Å². The quantitative estimate of drug-likeness (QED) is 0.753. The third kappa shape index (κ3) is 4.20. The van der Waals surface area contributed by atoms with Gasteiger partial charge >= 0.3 is 0 Å². The van der Waals surface area contributed by atoms with Gasteiger partial charge in [-0.25, -0.2) is 16.8 Å². The van der Waals surface area contributed by atoms with Crippen LogP contribution in [0.3, 0.4) is 0 Å². The van der Waals surface area contributed by atoms with E-state index >= 15 is 0 Å². The number of hydrogen-bond donors (Lipinski definition) is 1. The number of carbonyl (C=O) groups is 1. The zero-order valence-corrected chi connectivity index (χ0v) is 15.2. The molecule has 2 fully saturated rings. The second kappa shape index (κ2) is 7.02. The van der Waals surface area contributed by atoms with Crippen molar-refractivity contribution in [1.29, 1.82) is 0 Å². The van der Waals surface area contributed by atoms with Gasteiger partial charge in [0.2, 0.25) is 10.0 Å². The molecule has 0 aromatic heterocycles. The van der Waals surface area contributed by atoms with Crippen molar-refractivity contribution >= 4 is 25.8 Å². The van der Waals surface area contributed by atoms with Crippen molar-refractivity contribution in [2.24, 2.45) is 0 Å². The summed E-state index contributed by atoms with van der Waals surface area (Å²) >= 11 is 0. The highest BCUT2D eigenvalue weighted by Crippen LogP contribution is 2.18. The molecule has 2 aliphatic heterocycles. The molecule has 10 heteroatoms. The maximum Gasteiger partial charge on any atom is 0.251 e. The summed E-state index contributed by atoms with van der Waals surface area (Å²) in [7, 11) is -6.67. The third-order valence-electron chi connectivity index (χ3n) is 4.29. The molecule has 0 radical (unpaired) electrons. The highest BCUT2D eigenvalue weighted by molar-refractivity contribution is 7.91. The lowest BCUT2D eigenvalue weighted by molar-refractivity contribution is 0.0730. The summed E-state index contributed by atoms with van der Waals surface area (Å²) in [5.74, 6) is -0.380. The number of sulfone groups is 1. The van der Waals surface area contributed by atoms with E-state index in [9.17, 15) is 21.6 Å². The van der Waals surface area contributed by atoms with E-state index in [0.29, 0.717) is 38.3 Å². The first-order valence-corrected chi connectivity index (χ1v) is 11.2. The van der Waals surface area contributed by atoms with Gasteiger partial charge in [-0.3, -0.25) is 4.79 Å². The van der Waals surface area contributed by atoms with Crippen LogP contribution in [-0.2, 0) is 24.6 Å². The number of sulfonamides is 1. The molecule has 0 aliphatic carbocycles. The second-order valence-electron chi connectivity index (χ2n) is 6.11. The monoisotopic (exact) mass is 388 g/mol. The number of amides is 1. The number of nitrogens with zero attached hydrogens (tertiary/aromatic N) is 1. The van der Waals surface area contributed by atoms with Gasteiger partial charge in [0.05, 0.1) is 29.6 Å².